The van der Waals surface area contributed by atoms with Crippen LogP contribution in [0.4, 0.5) is 5.69 Å². The van der Waals surface area contributed by atoms with Gasteiger partial charge in [-0.15, -0.1) is 12.4 Å². The molecule has 2 N–H and O–H groups in total. The van der Waals surface area contributed by atoms with Crippen LogP contribution in [0.1, 0.15) is 19.3 Å². The Morgan fingerprint density at radius 2 is 2.27 bits per heavy atom. The minimum absolute atomic E-state index is 0. The smallest absolute Gasteiger partial charge is 0.226 e. The lowest BCUT2D eigenvalue weighted by molar-refractivity contribution is -0.116. The standard InChI is InChI=1S/C15H21ClN2O3.ClH/c1-20-8-9-21-15-12(16)5-2-6-13(15)18-14(19)10-11-4-3-7-17-11;/h2,5-6,11,17H,3-4,7-10H2,1H3,(H,18,19);1H. The topological polar surface area (TPSA) is 59.6 Å². The third-order valence-electron chi connectivity index (χ3n) is 3.37. The van der Waals surface area contributed by atoms with E-state index >= 15 is 0 Å². The molecule has 1 unspecified atom stereocenters. The van der Waals surface area contributed by atoms with Crippen LogP contribution < -0.4 is 15.4 Å². The van der Waals surface area contributed by atoms with E-state index in [2.05, 4.69) is 10.6 Å². The third-order valence-corrected chi connectivity index (χ3v) is 3.67. The van der Waals surface area contributed by atoms with Gasteiger partial charge in [-0.1, -0.05) is 17.7 Å². The predicted molar refractivity (Wildman–Crippen MR) is 90.3 cm³/mol. The molecule has 1 fully saturated rings. The molecule has 0 bridgehead atoms. The maximum Gasteiger partial charge on any atom is 0.226 e. The number of para-hydroxylation sites is 1. The average molecular weight is 349 g/mol. The van der Waals surface area contributed by atoms with Gasteiger partial charge in [0.05, 0.1) is 17.3 Å². The van der Waals surface area contributed by atoms with E-state index < -0.39 is 0 Å². The number of nitrogens with one attached hydrogen (secondary N) is 2. The summed E-state index contributed by atoms with van der Waals surface area (Å²) in [5, 5.41) is 6.66. The van der Waals surface area contributed by atoms with Gasteiger partial charge < -0.3 is 20.1 Å². The van der Waals surface area contributed by atoms with Gasteiger partial charge in [0, 0.05) is 19.6 Å². The lowest BCUT2D eigenvalue weighted by Crippen LogP contribution is -2.27. The number of hydrogen-bond acceptors (Lipinski definition) is 4. The number of halogens is 2. The van der Waals surface area contributed by atoms with Crippen molar-refractivity contribution in [1.82, 2.24) is 5.32 Å². The molecule has 5 nitrogen and oxygen atoms in total. The highest BCUT2D eigenvalue weighted by Gasteiger charge is 2.19. The minimum atomic E-state index is -0.0340. The summed E-state index contributed by atoms with van der Waals surface area (Å²) in [5.74, 6) is 0.456. The van der Waals surface area contributed by atoms with E-state index in [1.54, 1.807) is 25.3 Å². The molecule has 22 heavy (non-hydrogen) atoms. The Balaban J connectivity index is 0.00000242. The van der Waals surface area contributed by atoms with Gasteiger partial charge in [0.15, 0.2) is 5.75 Å². The zero-order chi connectivity index (χ0) is 15.1. The molecule has 0 radical (unpaired) electrons. The highest BCUT2D eigenvalue weighted by atomic mass is 35.5. The van der Waals surface area contributed by atoms with Crippen LogP contribution in [0.25, 0.3) is 0 Å². The van der Waals surface area contributed by atoms with Crippen molar-refractivity contribution in [3.05, 3.63) is 23.2 Å². The van der Waals surface area contributed by atoms with Crippen molar-refractivity contribution >= 4 is 35.6 Å². The Morgan fingerprint density at radius 1 is 1.45 bits per heavy atom. The Bertz CT molecular complexity index is 480. The molecular weight excluding hydrogens is 327 g/mol. The highest BCUT2D eigenvalue weighted by Crippen LogP contribution is 2.33. The van der Waals surface area contributed by atoms with Crippen molar-refractivity contribution in [2.75, 3.05) is 32.2 Å². The molecule has 7 heteroatoms. The van der Waals surface area contributed by atoms with Gasteiger partial charge >= 0.3 is 0 Å². The lowest BCUT2D eigenvalue weighted by Gasteiger charge is -2.15. The first-order chi connectivity index (χ1) is 10.2. The minimum Gasteiger partial charge on any atom is -0.487 e. The van der Waals surface area contributed by atoms with Gasteiger partial charge in [-0.2, -0.15) is 0 Å². The molecule has 1 saturated heterocycles. The second-order valence-corrected chi connectivity index (χ2v) is 5.41. The molecule has 0 aliphatic carbocycles. The quantitative estimate of drug-likeness (QED) is 0.744. The monoisotopic (exact) mass is 348 g/mol. The first kappa shape index (κ1) is 19.0. The van der Waals surface area contributed by atoms with Crippen molar-refractivity contribution in [3.8, 4) is 5.75 Å². The fraction of sp³-hybridized carbons (Fsp3) is 0.533. The summed E-state index contributed by atoms with van der Waals surface area (Å²) in [6.07, 6.45) is 2.63. The fourth-order valence-electron chi connectivity index (χ4n) is 2.34. The summed E-state index contributed by atoms with van der Waals surface area (Å²) in [5.41, 5.74) is 0.599. The fourth-order valence-corrected chi connectivity index (χ4v) is 2.57. The van der Waals surface area contributed by atoms with Crippen molar-refractivity contribution < 1.29 is 14.3 Å². The first-order valence-corrected chi connectivity index (χ1v) is 7.52. The highest BCUT2D eigenvalue weighted by molar-refractivity contribution is 6.32. The molecule has 124 valence electrons. The van der Waals surface area contributed by atoms with E-state index in [0.29, 0.717) is 36.1 Å². The Morgan fingerprint density at radius 3 is 2.95 bits per heavy atom. The summed E-state index contributed by atoms with van der Waals surface area (Å²) in [7, 11) is 1.60. The average Bonchev–Trinajstić information content (AvgIpc) is 2.94. The number of rotatable bonds is 7. The summed E-state index contributed by atoms with van der Waals surface area (Å²) in [4.78, 5) is 12.1. The maximum absolute atomic E-state index is 12.1. The number of hydrogen-bond donors (Lipinski definition) is 2. The number of carbonyl (C=O) groups excluding carboxylic acids is 1. The number of amides is 1. The lowest BCUT2D eigenvalue weighted by atomic mass is 10.1. The largest absolute Gasteiger partial charge is 0.487 e. The number of anilines is 1. The van der Waals surface area contributed by atoms with Crippen LogP contribution in [0.3, 0.4) is 0 Å². The van der Waals surface area contributed by atoms with Crippen molar-refractivity contribution in [2.24, 2.45) is 0 Å². The zero-order valence-electron chi connectivity index (χ0n) is 12.6. The van der Waals surface area contributed by atoms with E-state index in [1.807, 2.05) is 0 Å². The van der Waals surface area contributed by atoms with Crippen LogP contribution in [-0.2, 0) is 9.53 Å². The molecule has 0 spiro atoms. The van der Waals surface area contributed by atoms with Gasteiger partial charge in [0.25, 0.3) is 0 Å². The summed E-state index contributed by atoms with van der Waals surface area (Å²) < 4.78 is 10.5. The van der Waals surface area contributed by atoms with E-state index in [-0.39, 0.29) is 24.4 Å². The number of benzene rings is 1. The number of methoxy groups -OCH3 is 1. The van der Waals surface area contributed by atoms with Crippen LogP contribution in [-0.4, -0.2) is 38.8 Å². The van der Waals surface area contributed by atoms with Crippen LogP contribution in [0.2, 0.25) is 5.02 Å². The van der Waals surface area contributed by atoms with E-state index in [1.165, 1.54) is 0 Å². The molecule has 1 atom stereocenters. The normalized spacial score (nSPS) is 16.9. The molecule has 0 saturated carbocycles. The van der Waals surface area contributed by atoms with Crippen LogP contribution >= 0.6 is 24.0 Å². The molecular formula is C15H22Cl2N2O3. The molecule has 0 aromatic heterocycles. The molecule has 1 aliphatic heterocycles. The van der Waals surface area contributed by atoms with Crippen LogP contribution in [0.5, 0.6) is 5.75 Å². The van der Waals surface area contributed by atoms with Crippen LogP contribution in [0.15, 0.2) is 18.2 Å². The molecule has 1 aliphatic rings. The van der Waals surface area contributed by atoms with Crippen molar-refractivity contribution in [3.63, 3.8) is 0 Å². The van der Waals surface area contributed by atoms with Crippen molar-refractivity contribution in [1.29, 1.82) is 0 Å². The van der Waals surface area contributed by atoms with Gasteiger partial charge in [-0.3, -0.25) is 4.79 Å². The van der Waals surface area contributed by atoms with Gasteiger partial charge in [-0.05, 0) is 31.5 Å². The number of carbonyl (C=O) groups is 1. The van der Waals surface area contributed by atoms with E-state index in [4.69, 9.17) is 21.1 Å². The molecule has 1 amide bonds. The molecule has 1 aromatic rings. The maximum atomic E-state index is 12.1. The summed E-state index contributed by atoms with van der Waals surface area (Å²) in [6, 6.07) is 5.57. The second kappa shape index (κ2) is 9.90. The Labute approximate surface area is 142 Å². The molecule has 1 aromatic carbocycles. The van der Waals surface area contributed by atoms with Crippen LogP contribution in [0, 0.1) is 0 Å². The molecule has 2 rings (SSSR count). The van der Waals surface area contributed by atoms with E-state index in [9.17, 15) is 4.79 Å². The van der Waals surface area contributed by atoms with E-state index in [0.717, 1.165) is 19.4 Å². The first-order valence-electron chi connectivity index (χ1n) is 7.14. The van der Waals surface area contributed by atoms with Gasteiger partial charge in [0.1, 0.15) is 6.61 Å². The van der Waals surface area contributed by atoms with Gasteiger partial charge in [0.2, 0.25) is 5.91 Å². The van der Waals surface area contributed by atoms with Gasteiger partial charge in [-0.25, -0.2) is 0 Å². The Kier molecular flexibility index (Phi) is 8.56. The predicted octanol–water partition coefficient (Wildman–Crippen LogP) is 2.87. The summed E-state index contributed by atoms with van der Waals surface area (Å²) in [6.45, 7) is 1.83. The zero-order valence-corrected chi connectivity index (χ0v) is 14.1. The Hall–Kier alpha value is -1.01. The second-order valence-electron chi connectivity index (χ2n) is 5.00. The third kappa shape index (κ3) is 5.65. The SMILES string of the molecule is COCCOc1c(Cl)cccc1NC(=O)CC1CCCN1.Cl. The van der Waals surface area contributed by atoms with Crippen molar-refractivity contribution in [2.45, 2.75) is 25.3 Å². The number of ether oxygens (including phenoxy) is 2. The summed E-state index contributed by atoms with van der Waals surface area (Å²) >= 11 is 6.13. The molecule has 1 heterocycles.